The van der Waals surface area contributed by atoms with Crippen LogP contribution in [0, 0.1) is 0 Å². The molecule has 5 rings (SSSR count). The second-order valence-corrected chi connectivity index (χ2v) is 8.50. The number of aromatic nitrogens is 2. The van der Waals surface area contributed by atoms with Crippen LogP contribution in [0.3, 0.4) is 0 Å². The van der Waals surface area contributed by atoms with Gasteiger partial charge in [0, 0.05) is 56.2 Å². The van der Waals surface area contributed by atoms with Crippen molar-refractivity contribution in [3.05, 3.63) is 78.1 Å². The fourth-order valence-corrected chi connectivity index (χ4v) is 4.51. The van der Waals surface area contributed by atoms with E-state index in [4.69, 9.17) is 0 Å². The molecule has 0 N–H and O–H groups in total. The summed E-state index contributed by atoms with van der Waals surface area (Å²) in [6, 6.07) is 17.5. The summed E-state index contributed by atoms with van der Waals surface area (Å²) in [5.41, 5.74) is 3.62. The maximum absolute atomic E-state index is 12.7. The van der Waals surface area contributed by atoms with Crippen molar-refractivity contribution in [1.82, 2.24) is 19.8 Å². The van der Waals surface area contributed by atoms with Crippen LogP contribution in [0.25, 0.3) is 11.1 Å². The van der Waals surface area contributed by atoms with Gasteiger partial charge < -0.3 is 4.90 Å². The molecule has 0 unspecified atom stereocenters. The highest BCUT2D eigenvalue weighted by Gasteiger charge is 2.30. The first kappa shape index (κ1) is 21.3. The fourth-order valence-electron chi connectivity index (χ4n) is 4.51. The van der Waals surface area contributed by atoms with Crippen molar-refractivity contribution in [2.45, 2.75) is 12.8 Å². The van der Waals surface area contributed by atoms with Gasteiger partial charge in [-0.05, 0) is 30.2 Å². The third-order valence-electron chi connectivity index (χ3n) is 6.39. The van der Waals surface area contributed by atoms with Crippen molar-refractivity contribution >= 4 is 17.8 Å². The molecule has 7 heteroatoms. The van der Waals surface area contributed by atoms with E-state index in [2.05, 4.69) is 31.9 Å². The van der Waals surface area contributed by atoms with Gasteiger partial charge in [0.15, 0.2) is 0 Å². The van der Waals surface area contributed by atoms with Crippen LogP contribution in [0.2, 0.25) is 0 Å². The summed E-state index contributed by atoms with van der Waals surface area (Å²) in [6.45, 7) is 4.87. The monoisotopic (exact) mass is 441 g/mol. The molecule has 7 nitrogen and oxygen atoms in total. The summed E-state index contributed by atoms with van der Waals surface area (Å²) in [6.07, 6.45) is 4.86. The van der Waals surface area contributed by atoms with E-state index in [1.165, 1.54) is 4.90 Å². The van der Waals surface area contributed by atoms with E-state index in [1.807, 2.05) is 54.9 Å². The zero-order valence-corrected chi connectivity index (χ0v) is 18.6. The maximum Gasteiger partial charge on any atom is 0.260 e. The van der Waals surface area contributed by atoms with Gasteiger partial charge >= 0.3 is 0 Å². The average molecular weight is 442 g/mol. The molecule has 0 aliphatic carbocycles. The van der Waals surface area contributed by atoms with E-state index in [-0.39, 0.29) is 11.8 Å². The Morgan fingerprint density at radius 3 is 2.21 bits per heavy atom. The first-order chi connectivity index (χ1) is 16.2. The number of rotatable bonds is 6. The Labute approximate surface area is 193 Å². The van der Waals surface area contributed by atoms with Crippen molar-refractivity contribution in [2.75, 3.05) is 44.2 Å². The van der Waals surface area contributed by atoms with E-state index in [1.54, 1.807) is 0 Å². The van der Waals surface area contributed by atoms with Crippen LogP contribution in [0.5, 0.6) is 0 Å². The molecular weight excluding hydrogens is 414 g/mol. The Balaban J connectivity index is 1.10. The van der Waals surface area contributed by atoms with Gasteiger partial charge in [-0.3, -0.25) is 19.4 Å². The lowest BCUT2D eigenvalue weighted by atomic mass is 9.98. The Hall–Kier alpha value is -3.58. The molecule has 3 aromatic rings. The third kappa shape index (κ3) is 4.64. The molecule has 2 aromatic carbocycles. The van der Waals surface area contributed by atoms with Crippen molar-refractivity contribution in [3.63, 3.8) is 0 Å². The number of amides is 2. The number of hydrogen-bond donors (Lipinski definition) is 0. The largest absolute Gasteiger partial charge is 0.338 e. The standard InChI is InChI=1S/C26H27N5O2/c32-24-17-21-9-4-5-10-23(21)25(33)31(24)12-6-11-29-13-15-30(16-14-29)26-27-18-22(19-28-26)20-7-2-1-3-8-20/h1-5,7-10,18-19H,6,11-17H2. The molecule has 0 atom stereocenters. The molecule has 0 bridgehead atoms. The molecule has 0 radical (unpaired) electrons. The summed E-state index contributed by atoms with van der Waals surface area (Å²) >= 11 is 0. The highest BCUT2D eigenvalue weighted by Crippen LogP contribution is 2.21. The number of hydrogen-bond acceptors (Lipinski definition) is 6. The normalized spacial score (nSPS) is 16.7. The van der Waals surface area contributed by atoms with Crippen LogP contribution in [0.4, 0.5) is 5.95 Å². The van der Waals surface area contributed by atoms with Crippen molar-refractivity contribution in [3.8, 4) is 11.1 Å². The fraction of sp³-hybridized carbons (Fsp3) is 0.308. The van der Waals surface area contributed by atoms with Gasteiger partial charge in [-0.1, -0.05) is 48.5 Å². The molecule has 33 heavy (non-hydrogen) atoms. The lowest BCUT2D eigenvalue weighted by Gasteiger charge is -2.35. The van der Waals surface area contributed by atoms with Gasteiger partial charge in [0.25, 0.3) is 5.91 Å². The number of nitrogens with zero attached hydrogens (tertiary/aromatic N) is 5. The van der Waals surface area contributed by atoms with E-state index >= 15 is 0 Å². The second kappa shape index (κ2) is 9.50. The molecule has 2 aliphatic rings. The number of piperazine rings is 1. The molecule has 1 aromatic heterocycles. The Morgan fingerprint density at radius 1 is 0.758 bits per heavy atom. The van der Waals surface area contributed by atoms with Gasteiger partial charge in [0.1, 0.15) is 0 Å². The van der Waals surface area contributed by atoms with Crippen molar-refractivity contribution in [2.24, 2.45) is 0 Å². The Bertz CT molecular complexity index is 1120. The van der Waals surface area contributed by atoms with Crippen LogP contribution in [0.1, 0.15) is 22.3 Å². The minimum Gasteiger partial charge on any atom is -0.338 e. The first-order valence-corrected chi connectivity index (χ1v) is 11.5. The quantitative estimate of drug-likeness (QED) is 0.548. The molecule has 0 saturated carbocycles. The van der Waals surface area contributed by atoms with Crippen LogP contribution < -0.4 is 4.90 Å². The zero-order valence-electron chi connectivity index (χ0n) is 18.6. The first-order valence-electron chi connectivity index (χ1n) is 11.5. The predicted octanol–water partition coefficient (Wildman–Crippen LogP) is 2.88. The highest BCUT2D eigenvalue weighted by molar-refractivity contribution is 6.09. The van der Waals surface area contributed by atoms with Gasteiger partial charge in [0.05, 0.1) is 6.42 Å². The smallest absolute Gasteiger partial charge is 0.260 e. The number of benzene rings is 2. The van der Waals surface area contributed by atoms with E-state index < -0.39 is 0 Å². The molecule has 2 aliphatic heterocycles. The van der Waals surface area contributed by atoms with Crippen LogP contribution in [-0.2, 0) is 11.2 Å². The molecule has 1 fully saturated rings. The number of fused-ring (bicyclic) bond motifs is 1. The summed E-state index contributed by atoms with van der Waals surface area (Å²) in [5.74, 6) is 0.500. The summed E-state index contributed by atoms with van der Waals surface area (Å²) < 4.78 is 0. The molecule has 1 saturated heterocycles. The number of carbonyl (C=O) groups excluding carboxylic acids is 2. The Morgan fingerprint density at radius 2 is 1.45 bits per heavy atom. The Kier molecular flexibility index (Phi) is 6.13. The number of anilines is 1. The lowest BCUT2D eigenvalue weighted by molar-refractivity contribution is -0.128. The van der Waals surface area contributed by atoms with E-state index in [0.717, 1.165) is 61.8 Å². The van der Waals surface area contributed by atoms with E-state index in [0.29, 0.717) is 18.5 Å². The van der Waals surface area contributed by atoms with E-state index in [9.17, 15) is 9.59 Å². The highest BCUT2D eigenvalue weighted by atomic mass is 16.2. The number of carbonyl (C=O) groups is 2. The SMILES string of the molecule is O=C1Cc2ccccc2C(=O)N1CCCN1CCN(c2ncc(-c3ccccc3)cn2)CC1. The summed E-state index contributed by atoms with van der Waals surface area (Å²) in [7, 11) is 0. The van der Waals surface area contributed by atoms with Crippen LogP contribution in [-0.4, -0.2) is 70.9 Å². The zero-order chi connectivity index (χ0) is 22.6. The van der Waals surface area contributed by atoms with Crippen LogP contribution >= 0.6 is 0 Å². The average Bonchev–Trinajstić information content (AvgIpc) is 2.87. The molecule has 3 heterocycles. The summed E-state index contributed by atoms with van der Waals surface area (Å²) in [4.78, 5) is 40.3. The predicted molar refractivity (Wildman–Crippen MR) is 127 cm³/mol. The molecule has 0 spiro atoms. The van der Waals surface area contributed by atoms with Crippen molar-refractivity contribution < 1.29 is 9.59 Å². The van der Waals surface area contributed by atoms with Crippen molar-refractivity contribution in [1.29, 1.82) is 0 Å². The van der Waals surface area contributed by atoms with Gasteiger partial charge in [-0.15, -0.1) is 0 Å². The van der Waals surface area contributed by atoms with Gasteiger partial charge in [-0.25, -0.2) is 9.97 Å². The van der Waals surface area contributed by atoms with Crippen LogP contribution in [0.15, 0.2) is 67.0 Å². The minimum absolute atomic E-state index is 0.0976. The second-order valence-electron chi connectivity index (χ2n) is 8.50. The molecular formula is C26H27N5O2. The topological polar surface area (TPSA) is 69.6 Å². The van der Waals surface area contributed by atoms with Gasteiger partial charge in [-0.2, -0.15) is 0 Å². The molecule has 168 valence electrons. The molecule has 2 amide bonds. The minimum atomic E-state index is -0.164. The maximum atomic E-state index is 12.7. The number of imide groups is 1. The summed E-state index contributed by atoms with van der Waals surface area (Å²) in [5, 5.41) is 0. The lowest BCUT2D eigenvalue weighted by Crippen LogP contribution is -2.48. The van der Waals surface area contributed by atoms with Gasteiger partial charge in [0.2, 0.25) is 11.9 Å². The third-order valence-corrected chi connectivity index (χ3v) is 6.39.